The smallest absolute Gasteiger partial charge is 0.100 e. The summed E-state index contributed by atoms with van der Waals surface area (Å²) >= 11 is 0. The Bertz CT molecular complexity index is 269. The van der Waals surface area contributed by atoms with Crippen LogP contribution in [0.15, 0.2) is 16.7 Å². The van der Waals surface area contributed by atoms with E-state index in [-0.39, 0.29) is 12.0 Å². The lowest BCUT2D eigenvalue weighted by Gasteiger charge is -2.09. The number of furan rings is 1. The van der Waals surface area contributed by atoms with Gasteiger partial charge in [0, 0.05) is 19.0 Å². The van der Waals surface area contributed by atoms with Crippen molar-refractivity contribution in [1.29, 1.82) is 0 Å². The average molecular weight is 167 g/mol. The van der Waals surface area contributed by atoms with Crippen LogP contribution >= 0.6 is 0 Å². The lowest BCUT2D eigenvalue weighted by atomic mass is 9.99. The van der Waals surface area contributed by atoms with Crippen LogP contribution in [-0.2, 0) is 0 Å². The van der Waals surface area contributed by atoms with Crippen LogP contribution in [0.3, 0.4) is 0 Å². The summed E-state index contributed by atoms with van der Waals surface area (Å²) in [5, 5.41) is 12.7. The molecule has 0 saturated carbocycles. The average Bonchev–Trinajstić information content (AvgIpc) is 2.58. The van der Waals surface area contributed by atoms with Crippen LogP contribution in [0.5, 0.6) is 0 Å². The highest BCUT2D eigenvalue weighted by Crippen LogP contribution is 2.24. The van der Waals surface area contributed by atoms with E-state index in [9.17, 15) is 5.11 Å². The Balaban J connectivity index is 2.19. The molecule has 1 fully saturated rings. The van der Waals surface area contributed by atoms with Crippen LogP contribution in [0, 0.1) is 6.92 Å². The predicted octanol–water partition coefficient (Wildman–Crippen LogP) is 0.636. The number of rotatable bonds is 1. The zero-order chi connectivity index (χ0) is 8.55. The summed E-state index contributed by atoms with van der Waals surface area (Å²) in [6.07, 6.45) is 1.47. The number of hydrogen-bond acceptors (Lipinski definition) is 3. The standard InChI is InChI=1S/C9H13NO2/c1-6-2-7(5-12-6)8-3-10-4-9(8)11/h2,5,8-11H,3-4H2,1H3. The van der Waals surface area contributed by atoms with E-state index in [2.05, 4.69) is 5.32 Å². The van der Waals surface area contributed by atoms with Gasteiger partial charge in [0.05, 0.1) is 12.4 Å². The molecule has 3 nitrogen and oxygen atoms in total. The van der Waals surface area contributed by atoms with E-state index in [0.717, 1.165) is 17.9 Å². The largest absolute Gasteiger partial charge is 0.469 e. The molecule has 0 bridgehead atoms. The zero-order valence-corrected chi connectivity index (χ0v) is 7.08. The molecule has 0 amide bonds. The van der Waals surface area contributed by atoms with Gasteiger partial charge in [0.2, 0.25) is 0 Å². The third-order valence-corrected chi connectivity index (χ3v) is 2.36. The molecule has 3 heteroatoms. The maximum absolute atomic E-state index is 9.55. The Morgan fingerprint density at radius 3 is 2.92 bits per heavy atom. The fraction of sp³-hybridized carbons (Fsp3) is 0.556. The molecule has 2 heterocycles. The maximum atomic E-state index is 9.55. The summed E-state index contributed by atoms with van der Waals surface area (Å²) in [6, 6.07) is 1.99. The minimum absolute atomic E-state index is 0.211. The van der Waals surface area contributed by atoms with Gasteiger partial charge >= 0.3 is 0 Å². The lowest BCUT2D eigenvalue weighted by Crippen LogP contribution is -2.15. The van der Waals surface area contributed by atoms with Crippen LogP contribution in [0.1, 0.15) is 17.2 Å². The van der Waals surface area contributed by atoms with Crippen molar-refractivity contribution >= 4 is 0 Å². The molecule has 1 aliphatic rings. The van der Waals surface area contributed by atoms with Gasteiger partial charge in [-0.1, -0.05) is 0 Å². The van der Waals surface area contributed by atoms with Crippen molar-refractivity contribution in [3.63, 3.8) is 0 Å². The molecular formula is C9H13NO2. The maximum Gasteiger partial charge on any atom is 0.100 e. The fourth-order valence-electron chi connectivity index (χ4n) is 1.66. The molecule has 0 aromatic carbocycles. The topological polar surface area (TPSA) is 45.4 Å². The van der Waals surface area contributed by atoms with E-state index in [0.29, 0.717) is 6.54 Å². The molecule has 1 aliphatic heterocycles. The molecule has 0 aliphatic carbocycles. The van der Waals surface area contributed by atoms with Gasteiger partial charge in [0.15, 0.2) is 0 Å². The third-order valence-electron chi connectivity index (χ3n) is 2.36. The molecule has 1 aromatic heterocycles. The lowest BCUT2D eigenvalue weighted by molar-refractivity contribution is 0.177. The molecule has 1 aromatic rings. The Kier molecular flexibility index (Phi) is 1.90. The molecule has 0 spiro atoms. The molecule has 2 unspecified atom stereocenters. The van der Waals surface area contributed by atoms with E-state index in [4.69, 9.17) is 4.42 Å². The highest BCUT2D eigenvalue weighted by atomic mass is 16.3. The van der Waals surface area contributed by atoms with Crippen molar-refractivity contribution in [3.8, 4) is 0 Å². The number of hydrogen-bond donors (Lipinski definition) is 2. The molecule has 2 atom stereocenters. The first-order valence-corrected chi connectivity index (χ1v) is 4.21. The number of aliphatic hydroxyl groups excluding tert-OH is 1. The van der Waals surface area contributed by atoms with E-state index >= 15 is 0 Å². The summed E-state index contributed by atoms with van der Waals surface area (Å²) in [5.74, 6) is 1.12. The van der Waals surface area contributed by atoms with E-state index in [1.807, 2.05) is 13.0 Å². The minimum atomic E-state index is -0.262. The number of aliphatic hydroxyl groups is 1. The Labute approximate surface area is 71.4 Å². The van der Waals surface area contributed by atoms with Crippen molar-refractivity contribution in [2.45, 2.75) is 18.9 Å². The van der Waals surface area contributed by atoms with E-state index < -0.39 is 0 Å². The number of β-amino-alcohol motifs (C(OH)–C–C–N with tert-alkyl or cyclic N) is 1. The molecule has 1 saturated heterocycles. The Morgan fingerprint density at radius 1 is 1.58 bits per heavy atom. The second-order valence-corrected chi connectivity index (χ2v) is 3.32. The minimum Gasteiger partial charge on any atom is -0.469 e. The van der Waals surface area contributed by atoms with E-state index in [1.165, 1.54) is 0 Å². The first-order valence-electron chi connectivity index (χ1n) is 4.21. The van der Waals surface area contributed by atoms with Gasteiger partial charge in [-0.15, -0.1) is 0 Å². The van der Waals surface area contributed by atoms with Gasteiger partial charge in [-0.3, -0.25) is 0 Å². The summed E-state index contributed by atoms with van der Waals surface area (Å²) < 4.78 is 5.19. The van der Waals surface area contributed by atoms with Crippen LogP contribution < -0.4 is 5.32 Å². The van der Waals surface area contributed by atoms with Gasteiger partial charge in [0.25, 0.3) is 0 Å². The predicted molar refractivity (Wildman–Crippen MR) is 45.1 cm³/mol. The highest BCUT2D eigenvalue weighted by molar-refractivity contribution is 5.20. The molecular weight excluding hydrogens is 154 g/mol. The van der Waals surface area contributed by atoms with Crippen LogP contribution in [0.2, 0.25) is 0 Å². The van der Waals surface area contributed by atoms with E-state index in [1.54, 1.807) is 6.26 Å². The van der Waals surface area contributed by atoms with Crippen molar-refractivity contribution < 1.29 is 9.52 Å². The third kappa shape index (κ3) is 1.26. The zero-order valence-electron chi connectivity index (χ0n) is 7.08. The SMILES string of the molecule is Cc1cc(C2CNCC2O)co1. The number of nitrogens with one attached hydrogen (secondary N) is 1. The van der Waals surface area contributed by atoms with Crippen molar-refractivity contribution in [2.75, 3.05) is 13.1 Å². The highest BCUT2D eigenvalue weighted by Gasteiger charge is 2.27. The van der Waals surface area contributed by atoms with Crippen molar-refractivity contribution in [3.05, 3.63) is 23.7 Å². The summed E-state index contributed by atoms with van der Waals surface area (Å²) in [7, 11) is 0. The van der Waals surface area contributed by atoms with Gasteiger partial charge < -0.3 is 14.8 Å². The molecule has 2 rings (SSSR count). The first-order chi connectivity index (χ1) is 5.77. The summed E-state index contributed by atoms with van der Waals surface area (Å²) in [5.41, 5.74) is 1.10. The van der Waals surface area contributed by atoms with Crippen molar-refractivity contribution in [2.24, 2.45) is 0 Å². The second kappa shape index (κ2) is 2.92. The summed E-state index contributed by atoms with van der Waals surface area (Å²) in [4.78, 5) is 0. The monoisotopic (exact) mass is 167 g/mol. The van der Waals surface area contributed by atoms with Crippen LogP contribution in [0.25, 0.3) is 0 Å². The van der Waals surface area contributed by atoms with Crippen LogP contribution in [0.4, 0.5) is 0 Å². The second-order valence-electron chi connectivity index (χ2n) is 3.32. The van der Waals surface area contributed by atoms with Gasteiger partial charge in [-0.05, 0) is 18.6 Å². The molecule has 66 valence electrons. The first kappa shape index (κ1) is 7.83. The number of aryl methyl sites for hydroxylation is 1. The van der Waals surface area contributed by atoms with Gasteiger partial charge in [0.1, 0.15) is 5.76 Å². The van der Waals surface area contributed by atoms with Gasteiger partial charge in [-0.2, -0.15) is 0 Å². The quantitative estimate of drug-likeness (QED) is 0.645. The molecule has 12 heavy (non-hydrogen) atoms. The normalized spacial score (nSPS) is 29.5. The van der Waals surface area contributed by atoms with Crippen LogP contribution in [-0.4, -0.2) is 24.3 Å². The Hall–Kier alpha value is -0.800. The summed E-state index contributed by atoms with van der Waals surface area (Å²) in [6.45, 7) is 3.45. The van der Waals surface area contributed by atoms with Crippen molar-refractivity contribution in [1.82, 2.24) is 5.32 Å². The molecule has 0 radical (unpaired) electrons. The van der Waals surface area contributed by atoms with Gasteiger partial charge in [-0.25, -0.2) is 0 Å². The fourth-order valence-corrected chi connectivity index (χ4v) is 1.66. The molecule has 2 N–H and O–H groups in total. The Morgan fingerprint density at radius 2 is 2.42 bits per heavy atom.